The summed E-state index contributed by atoms with van der Waals surface area (Å²) in [5, 5.41) is 0.478. The van der Waals surface area contributed by atoms with Gasteiger partial charge in [0.15, 0.2) is 5.75 Å². The minimum Gasteiger partial charge on any atom is -0.609 e. The average Bonchev–Trinajstić information content (AvgIpc) is 2.93. The molecule has 2 aromatic heterocycles. The van der Waals surface area contributed by atoms with E-state index in [1.807, 2.05) is 39.0 Å². The Kier molecular flexibility index (Phi) is 4.28. The summed E-state index contributed by atoms with van der Waals surface area (Å²) in [6.45, 7) is 5.89. The fourth-order valence-electron chi connectivity index (χ4n) is 2.61. The Morgan fingerprint density at radius 1 is 1.26 bits per heavy atom. The number of nitrogens with one attached hydrogen (secondary N) is 1. The third-order valence-corrected chi connectivity index (χ3v) is 5.01. The van der Waals surface area contributed by atoms with E-state index in [1.54, 1.807) is 13.3 Å². The molecular formula is C17H19N3O2S. The number of benzene rings is 1. The van der Waals surface area contributed by atoms with E-state index in [9.17, 15) is 4.55 Å². The number of methoxy groups -OCH3 is 1. The number of pyridine rings is 1. The van der Waals surface area contributed by atoms with Crippen molar-refractivity contribution in [2.24, 2.45) is 0 Å². The fourth-order valence-corrected chi connectivity index (χ4v) is 3.71. The van der Waals surface area contributed by atoms with E-state index in [4.69, 9.17) is 4.74 Å². The van der Waals surface area contributed by atoms with Crippen LogP contribution < -0.4 is 4.74 Å². The molecule has 1 atom stereocenters. The van der Waals surface area contributed by atoms with Gasteiger partial charge in [0.05, 0.1) is 23.8 Å². The number of nitrogens with zero attached hydrogens (tertiary/aromatic N) is 2. The Morgan fingerprint density at radius 3 is 2.78 bits per heavy atom. The number of aromatic nitrogens is 3. The Morgan fingerprint density at radius 2 is 2.04 bits per heavy atom. The summed E-state index contributed by atoms with van der Waals surface area (Å²) in [7, 11) is 1.64. The van der Waals surface area contributed by atoms with Gasteiger partial charge in [-0.3, -0.25) is 9.97 Å². The average molecular weight is 329 g/mol. The van der Waals surface area contributed by atoms with Crippen LogP contribution in [-0.4, -0.2) is 26.6 Å². The first-order valence-corrected chi connectivity index (χ1v) is 8.65. The quantitative estimate of drug-likeness (QED) is 0.746. The molecule has 120 valence electrons. The number of aryl methyl sites for hydroxylation is 2. The van der Waals surface area contributed by atoms with E-state index >= 15 is 0 Å². The number of hydrogen-bond donors (Lipinski definition) is 1. The van der Waals surface area contributed by atoms with Crippen LogP contribution in [0.1, 0.15) is 22.4 Å². The predicted molar refractivity (Wildman–Crippen MR) is 91.2 cm³/mol. The van der Waals surface area contributed by atoms with Crippen LogP contribution in [0.2, 0.25) is 0 Å². The van der Waals surface area contributed by atoms with E-state index in [0.717, 1.165) is 39.2 Å². The molecule has 1 aromatic carbocycles. The van der Waals surface area contributed by atoms with E-state index in [0.29, 0.717) is 10.9 Å². The van der Waals surface area contributed by atoms with Gasteiger partial charge in [-0.15, -0.1) is 0 Å². The summed E-state index contributed by atoms with van der Waals surface area (Å²) in [6, 6.07) is 5.94. The van der Waals surface area contributed by atoms with E-state index in [2.05, 4.69) is 15.0 Å². The second-order valence-corrected chi connectivity index (χ2v) is 6.96. The van der Waals surface area contributed by atoms with E-state index < -0.39 is 11.2 Å². The number of imidazole rings is 1. The van der Waals surface area contributed by atoms with Gasteiger partial charge in [-0.05, 0) is 38.5 Å². The molecule has 0 spiro atoms. The zero-order valence-electron chi connectivity index (χ0n) is 13.6. The molecule has 3 rings (SSSR count). The van der Waals surface area contributed by atoms with Crippen molar-refractivity contribution in [3.05, 3.63) is 46.8 Å². The Hall–Kier alpha value is -2.05. The van der Waals surface area contributed by atoms with Crippen LogP contribution in [0.3, 0.4) is 0 Å². The van der Waals surface area contributed by atoms with Gasteiger partial charge in [0, 0.05) is 28.5 Å². The summed E-state index contributed by atoms with van der Waals surface area (Å²) in [4.78, 5) is 12.0. The summed E-state index contributed by atoms with van der Waals surface area (Å²) < 4.78 is 18.0. The third-order valence-electron chi connectivity index (χ3n) is 3.85. The Balaban J connectivity index is 1.90. The SMILES string of the molecule is COc1c(C)cnc(C[S@@+]([O-])c2nc3cc(C)ccc3[nH]2)c1C. The third kappa shape index (κ3) is 3.04. The summed E-state index contributed by atoms with van der Waals surface area (Å²) in [6.07, 6.45) is 1.75. The lowest BCUT2D eigenvalue weighted by atomic mass is 10.1. The molecule has 0 aliphatic heterocycles. The fraction of sp³-hybridized carbons (Fsp3) is 0.294. The van der Waals surface area contributed by atoms with E-state index in [1.165, 1.54) is 0 Å². The maximum absolute atomic E-state index is 12.6. The predicted octanol–water partition coefficient (Wildman–Crippen LogP) is 3.20. The van der Waals surface area contributed by atoms with Crippen LogP contribution >= 0.6 is 0 Å². The molecule has 1 N–H and O–H groups in total. The van der Waals surface area contributed by atoms with Crippen LogP contribution in [0.4, 0.5) is 0 Å². The van der Waals surface area contributed by atoms with Gasteiger partial charge in [0.1, 0.15) is 5.75 Å². The molecule has 0 fully saturated rings. The molecule has 0 aliphatic carbocycles. The number of hydrogen-bond acceptors (Lipinski definition) is 4. The molecule has 3 aromatic rings. The first kappa shape index (κ1) is 15.8. The lowest BCUT2D eigenvalue weighted by Crippen LogP contribution is -2.10. The zero-order valence-corrected chi connectivity index (χ0v) is 14.5. The second-order valence-electron chi connectivity index (χ2n) is 5.60. The maximum Gasteiger partial charge on any atom is 0.322 e. The van der Waals surface area contributed by atoms with Gasteiger partial charge in [0.2, 0.25) is 0 Å². The van der Waals surface area contributed by atoms with Crippen LogP contribution in [0.5, 0.6) is 5.75 Å². The number of fused-ring (bicyclic) bond motifs is 1. The van der Waals surface area contributed by atoms with Crippen LogP contribution in [-0.2, 0) is 16.9 Å². The van der Waals surface area contributed by atoms with Crippen molar-refractivity contribution in [3.63, 3.8) is 0 Å². The second kappa shape index (κ2) is 6.22. The van der Waals surface area contributed by atoms with Crippen molar-refractivity contribution in [3.8, 4) is 5.75 Å². The monoisotopic (exact) mass is 329 g/mol. The molecule has 0 aliphatic rings. The van der Waals surface area contributed by atoms with Crippen molar-refractivity contribution in [1.82, 2.24) is 15.0 Å². The molecule has 0 radical (unpaired) electrons. The molecule has 5 nitrogen and oxygen atoms in total. The lowest BCUT2D eigenvalue weighted by Gasteiger charge is -2.13. The van der Waals surface area contributed by atoms with Crippen molar-refractivity contribution in [2.75, 3.05) is 7.11 Å². The number of rotatable bonds is 4. The molecule has 6 heteroatoms. The van der Waals surface area contributed by atoms with E-state index in [-0.39, 0.29) is 0 Å². The highest BCUT2D eigenvalue weighted by Gasteiger charge is 2.21. The smallest absolute Gasteiger partial charge is 0.322 e. The first-order valence-electron chi connectivity index (χ1n) is 7.33. The van der Waals surface area contributed by atoms with Crippen LogP contribution in [0.25, 0.3) is 11.0 Å². The maximum atomic E-state index is 12.6. The number of H-pyrrole nitrogens is 1. The van der Waals surface area contributed by atoms with Crippen molar-refractivity contribution >= 4 is 22.2 Å². The Bertz CT molecular complexity index is 860. The topological polar surface area (TPSA) is 73.9 Å². The highest BCUT2D eigenvalue weighted by atomic mass is 32.2. The number of ether oxygens (including phenoxy) is 1. The molecular weight excluding hydrogens is 310 g/mol. The molecule has 0 saturated heterocycles. The van der Waals surface area contributed by atoms with Crippen molar-refractivity contribution in [1.29, 1.82) is 0 Å². The summed E-state index contributed by atoms with van der Waals surface area (Å²) in [5.41, 5.74) is 5.51. The molecule has 0 unspecified atom stereocenters. The largest absolute Gasteiger partial charge is 0.609 e. The highest BCUT2D eigenvalue weighted by molar-refractivity contribution is 7.90. The molecule has 0 bridgehead atoms. The highest BCUT2D eigenvalue weighted by Crippen LogP contribution is 2.26. The Labute approximate surface area is 138 Å². The standard InChI is InChI=1S/C17H19N3O2S/c1-10-5-6-13-14(7-10)20-17(19-13)23(21)9-15-12(3)16(22-4)11(2)8-18-15/h5-8H,9H2,1-4H3,(H,19,20)/t23-/m1/s1. The zero-order chi connectivity index (χ0) is 16.6. The van der Waals surface area contributed by atoms with Gasteiger partial charge in [-0.1, -0.05) is 6.07 Å². The minimum atomic E-state index is -1.29. The summed E-state index contributed by atoms with van der Waals surface area (Å²) >= 11 is -1.29. The van der Waals surface area contributed by atoms with Gasteiger partial charge in [-0.2, -0.15) is 4.98 Å². The van der Waals surface area contributed by atoms with Gasteiger partial charge < -0.3 is 9.29 Å². The molecule has 23 heavy (non-hydrogen) atoms. The van der Waals surface area contributed by atoms with Crippen molar-refractivity contribution in [2.45, 2.75) is 31.7 Å². The van der Waals surface area contributed by atoms with Gasteiger partial charge in [-0.25, -0.2) is 0 Å². The van der Waals surface area contributed by atoms with Gasteiger partial charge >= 0.3 is 5.16 Å². The first-order chi connectivity index (χ1) is 11.0. The van der Waals surface area contributed by atoms with Gasteiger partial charge in [0.25, 0.3) is 0 Å². The lowest BCUT2D eigenvalue weighted by molar-refractivity contribution is 0.407. The molecule has 0 amide bonds. The number of aromatic amines is 1. The minimum absolute atomic E-state index is 0.307. The van der Waals surface area contributed by atoms with Crippen LogP contribution in [0.15, 0.2) is 29.6 Å². The molecule has 2 heterocycles. The van der Waals surface area contributed by atoms with Crippen LogP contribution in [0, 0.1) is 20.8 Å². The summed E-state index contributed by atoms with van der Waals surface area (Å²) in [5.74, 6) is 1.11. The van der Waals surface area contributed by atoms with Crippen molar-refractivity contribution < 1.29 is 9.29 Å². The normalized spacial score (nSPS) is 12.6. The molecule has 0 saturated carbocycles.